The van der Waals surface area contributed by atoms with E-state index in [9.17, 15) is 14.7 Å². The van der Waals surface area contributed by atoms with Gasteiger partial charge in [0.05, 0.1) is 0 Å². The molecule has 0 saturated heterocycles. The molecule has 1 aliphatic carbocycles. The van der Waals surface area contributed by atoms with Gasteiger partial charge in [0.2, 0.25) is 0 Å². The second kappa shape index (κ2) is 6.47. The second-order valence-electron chi connectivity index (χ2n) is 6.36. The molecule has 5 nitrogen and oxygen atoms in total. The fourth-order valence-corrected chi connectivity index (χ4v) is 3.66. The van der Waals surface area contributed by atoms with E-state index in [1.165, 1.54) is 17.8 Å². The second-order valence-corrected chi connectivity index (χ2v) is 7.34. The van der Waals surface area contributed by atoms with Gasteiger partial charge >= 0.3 is 12.0 Å². The number of hydrogen-bond donors (Lipinski definition) is 3. The number of rotatable bonds is 4. The molecule has 0 bridgehead atoms. The Kier molecular flexibility index (Phi) is 4.88. The van der Waals surface area contributed by atoms with Crippen LogP contribution < -0.4 is 10.6 Å². The highest BCUT2D eigenvalue weighted by atomic mass is 32.1. The summed E-state index contributed by atoms with van der Waals surface area (Å²) in [5.41, 5.74) is 0.232. The van der Waals surface area contributed by atoms with Gasteiger partial charge in [-0.3, -0.25) is 0 Å². The number of thiophene rings is 1. The van der Waals surface area contributed by atoms with Gasteiger partial charge in [0.1, 0.15) is 0 Å². The van der Waals surface area contributed by atoms with Gasteiger partial charge in [-0.2, -0.15) is 0 Å². The van der Waals surface area contributed by atoms with E-state index in [1.54, 1.807) is 17.5 Å². The van der Waals surface area contributed by atoms with Gasteiger partial charge in [0.15, 0.2) is 6.04 Å². The van der Waals surface area contributed by atoms with Crippen molar-refractivity contribution in [1.82, 2.24) is 10.6 Å². The van der Waals surface area contributed by atoms with Gasteiger partial charge in [-0.25, -0.2) is 9.59 Å². The van der Waals surface area contributed by atoms with Crippen LogP contribution in [-0.4, -0.2) is 23.1 Å². The highest BCUT2D eigenvalue weighted by molar-refractivity contribution is 7.10. The van der Waals surface area contributed by atoms with Crippen molar-refractivity contribution in [3.63, 3.8) is 0 Å². The Hall–Kier alpha value is -1.56. The molecule has 2 rings (SSSR count). The third-order valence-electron chi connectivity index (χ3n) is 3.89. The Morgan fingerprint density at radius 2 is 2.24 bits per heavy atom. The lowest BCUT2D eigenvalue weighted by atomic mass is 9.75. The van der Waals surface area contributed by atoms with Crippen LogP contribution in [0.4, 0.5) is 4.79 Å². The Morgan fingerprint density at radius 3 is 2.81 bits per heavy atom. The van der Waals surface area contributed by atoms with Gasteiger partial charge in [-0.1, -0.05) is 26.3 Å². The average molecular weight is 310 g/mol. The van der Waals surface area contributed by atoms with E-state index >= 15 is 0 Å². The van der Waals surface area contributed by atoms with Crippen LogP contribution in [0.1, 0.15) is 50.4 Å². The van der Waals surface area contributed by atoms with Crippen LogP contribution in [0.15, 0.2) is 17.5 Å². The lowest BCUT2D eigenvalue weighted by Crippen LogP contribution is -2.47. The standard InChI is InChI=1S/C15H22N2O3S/c1-15(2)7-3-5-10(9-15)16-14(20)17-12(13(18)19)11-6-4-8-21-11/h4,6,8,10,12H,3,5,7,9H2,1-2H3,(H,18,19)(H2,16,17,20). The number of aliphatic carboxylic acids is 1. The molecule has 21 heavy (non-hydrogen) atoms. The summed E-state index contributed by atoms with van der Waals surface area (Å²) in [5.74, 6) is -1.04. The van der Waals surface area contributed by atoms with E-state index < -0.39 is 18.0 Å². The highest BCUT2D eigenvalue weighted by Gasteiger charge is 2.30. The molecule has 0 spiro atoms. The summed E-state index contributed by atoms with van der Waals surface area (Å²) in [6.45, 7) is 4.40. The summed E-state index contributed by atoms with van der Waals surface area (Å²) in [7, 11) is 0. The number of carboxylic acids is 1. The van der Waals surface area contributed by atoms with Crippen molar-refractivity contribution >= 4 is 23.3 Å². The minimum Gasteiger partial charge on any atom is -0.479 e. The summed E-state index contributed by atoms with van der Waals surface area (Å²) in [5, 5.41) is 16.5. The summed E-state index contributed by atoms with van der Waals surface area (Å²) in [4.78, 5) is 24.0. The number of carbonyl (C=O) groups is 2. The van der Waals surface area contributed by atoms with E-state index in [0.29, 0.717) is 4.88 Å². The van der Waals surface area contributed by atoms with Crippen molar-refractivity contribution in [2.75, 3.05) is 0 Å². The van der Waals surface area contributed by atoms with Crippen molar-refractivity contribution < 1.29 is 14.7 Å². The topological polar surface area (TPSA) is 78.4 Å². The number of carbonyl (C=O) groups excluding carboxylic acids is 1. The normalized spacial score (nSPS) is 22.3. The molecule has 1 fully saturated rings. The minimum atomic E-state index is -1.04. The Bertz CT molecular complexity index is 499. The molecule has 6 heteroatoms. The minimum absolute atomic E-state index is 0.117. The number of amides is 2. The smallest absolute Gasteiger partial charge is 0.331 e. The SMILES string of the molecule is CC1(C)CCCC(NC(=O)NC(C(=O)O)c2cccs2)C1. The van der Waals surface area contributed by atoms with Crippen LogP contribution in [0.25, 0.3) is 0 Å². The van der Waals surface area contributed by atoms with E-state index in [1.807, 2.05) is 0 Å². The van der Waals surface area contributed by atoms with Gasteiger partial charge in [-0.05, 0) is 36.1 Å². The van der Waals surface area contributed by atoms with Gasteiger partial charge in [0, 0.05) is 10.9 Å². The van der Waals surface area contributed by atoms with Gasteiger partial charge in [0.25, 0.3) is 0 Å². The van der Waals surface area contributed by atoms with Crippen molar-refractivity contribution in [3.05, 3.63) is 22.4 Å². The van der Waals surface area contributed by atoms with E-state index in [2.05, 4.69) is 24.5 Å². The lowest BCUT2D eigenvalue weighted by molar-refractivity contribution is -0.139. The summed E-state index contributed by atoms with van der Waals surface area (Å²) < 4.78 is 0. The quantitative estimate of drug-likeness (QED) is 0.799. The summed E-state index contributed by atoms with van der Waals surface area (Å²) >= 11 is 1.32. The number of nitrogens with one attached hydrogen (secondary N) is 2. The largest absolute Gasteiger partial charge is 0.479 e. The van der Waals surface area contributed by atoms with Crippen LogP contribution in [0.2, 0.25) is 0 Å². The molecule has 0 aromatic carbocycles. The van der Waals surface area contributed by atoms with Crippen LogP contribution in [0.3, 0.4) is 0 Å². The van der Waals surface area contributed by atoms with Crippen LogP contribution >= 0.6 is 11.3 Å². The molecule has 2 atom stereocenters. The molecule has 1 saturated carbocycles. The molecule has 1 heterocycles. The fraction of sp³-hybridized carbons (Fsp3) is 0.600. The molecule has 1 aromatic rings. The first kappa shape index (κ1) is 15.8. The van der Waals surface area contributed by atoms with Crippen molar-refractivity contribution in [2.24, 2.45) is 5.41 Å². The predicted octanol–water partition coefficient (Wildman–Crippen LogP) is 3.14. The van der Waals surface area contributed by atoms with Gasteiger partial charge < -0.3 is 15.7 Å². The summed E-state index contributed by atoms with van der Waals surface area (Å²) in [6, 6.07) is 2.22. The van der Waals surface area contributed by atoms with Crippen molar-refractivity contribution in [2.45, 2.75) is 51.6 Å². The zero-order valence-corrected chi connectivity index (χ0v) is 13.2. The lowest BCUT2D eigenvalue weighted by Gasteiger charge is -2.35. The maximum atomic E-state index is 12.1. The van der Waals surface area contributed by atoms with Crippen molar-refractivity contribution in [3.8, 4) is 0 Å². The van der Waals surface area contributed by atoms with E-state index in [4.69, 9.17) is 0 Å². The first-order chi connectivity index (χ1) is 9.87. The first-order valence-corrected chi connectivity index (χ1v) is 8.08. The Morgan fingerprint density at radius 1 is 1.48 bits per heavy atom. The zero-order valence-electron chi connectivity index (χ0n) is 12.4. The molecule has 0 aliphatic heterocycles. The summed E-state index contributed by atoms with van der Waals surface area (Å²) in [6.07, 6.45) is 4.13. The molecule has 3 N–H and O–H groups in total. The van der Waals surface area contributed by atoms with Gasteiger partial charge in [-0.15, -0.1) is 11.3 Å². The fourth-order valence-electron chi connectivity index (χ4n) is 2.89. The maximum Gasteiger partial charge on any atom is 0.331 e. The first-order valence-electron chi connectivity index (χ1n) is 7.21. The molecule has 0 radical (unpaired) electrons. The predicted molar refractivity (Wildman–Crippen MR) is 82.4 cm³/mol. The third-order valence-corrected chi connectivity index (χ3v) is 4.83. The molecule has 1 aromatic heterocycles. The van der Waals surface area contributed by atoms with Crippen LogP contribution in [-0.2, 0) is 4.79 Å². The Labute approximate surface area is 128 Å². The van der Waals surface area contributed by atoms with Crippen LogP contribution in [0.5, 0.6) is 0 Å². The molecule has 2 unspecified atom stereocenters. The highest BCUT2D eigenvalue weighted by Crippen LogP contribution is 2.35. The zero-order chi connectivity index (χ0) is 15.5. The Balaban J connectivity index is 1.92. The molecular formula is C15H22N2O3S. The van der Waals surface area contributed by atoms with E-state index in [0.717, 1.165) is 19.3 Å². The molecule has 1 aliphatic rings. The molecule has 2 amide bonds. The monoisotopic (exact) mass is 310 g/mol. The number of urea groups is 1. The van der Waals surface area contributed by atoms with Crippen molar-refractivity contribution in [1.29, 1.82) is 0 Å². The number of hydrogen-bond acceptors (Lipinski definition) is 3. The number of carboxylic acid groups (broad SMARTS) is 1. The maximum absolute atomic E-state index is 12.1. The average Bonchev–Trinajstić information content (AvgIpc) is 2.87. The van der Waals surface area contributed by atoms with E-state index in [-0.39, 0.29) is 11.5 Å². The molecule has 116 valence electrons. The van der Waals surface area contributed by atoms with Crippen LogP contribution in [0, 0.1) is 5.41 Å². The third kappa shape index (κ3) is 4.46. The molecular weight excluding hydrogens is 288 g/mol.